The van der Waals surface area contributed by atoms with E-state index in [2.05, 4.69) is 39.8 Å². The van der Waals surface area contributed by atoms with E-state index >= 15 is 24.0 Å². The largest absolute Gasteiger partial charge is 0.463 e. The van der Waals surface area contributed by atoms with Gasteiger partial charge in [-0.3, -0.25) is 28.8 Å². The molecule has 17 heteroatoms. The highest BCUT2D eigenvalue weighted by atomic mass is 16.6. The van der Waals surface area contributed by atoms with Crippen molar-refractivity contribution in [3.05, 3.63) is 12.2 Å². The normalized spacial score (nSPS) is 42.3. The molecular weight excluding hydrogens is 1270 g/mol. The van der Waals surface area contributed by atoms with E-state index in [1.807, 2.05) is 13.8 Å². The number of cyclic esters (lactones) is 1. The fraction of sp³-hybridized carbons (Fsp3) is 0.880. The Morgan fingerprint density at radius 1 is 0.580 bits per heavy atom. The second-order valence-corrected chi connectivity index (χ2v) is 40.4. The van der Waals surface area contributed by atoms with Gasteiger partial charge in [0.05, 0.1) is 45.7 Å². The Morgan fingerprint density at radius 2 is 1.12 bits per heavy atom. The van der Waals surface area contributed by atoms with E-state index in [4.69, 9.17) is 37.9 Å². The van der Waals surface area contributed by atoms with E-state index in [1.165, 1.54) is 12.8 Å². The molecule has 16 bridgehead atoms. The summed E-state index contributed by atoms with van der Waals surface area (Å²) in [5.41, 5.74) is -12.6. The molecule has 0 aromatic rings. The standard InChI is InChI=1S/C83H122O17/c1-46(2)83(60-28-51-21-52(30-60)31-61(83)29-51)100-71(89)76(9,39-63-47(3)55-16-17-57(63)33-55)42-79(12,72(90)98-80(13)58-24-49-20-50(26-58)27-59(80)25-49)44-78(11,70(88)96-64-18-19-93-68(64)86)43-77(10,73(91)99-82-37-53-22-54(38-82)36-81(92,35-53)45-82)41-75(7,8)69(87)94-40-67(85)95-65(34-66(84)97-74(4,5)6)62-32-48-14-15-56(62)23-48/h14-15,46-65,92H,16-45H2,1-13H3. The summed E-state index contributed by atoms with van der Waals surface area (Å²) >= 11 is 0. The number of hydrogen-bond acceptors (Lipinski definition) is 17. The van der Waals surface area contributed by atoms with Gasteiger partial charge < -0.3 is 43.0 Å². The van der Waals surface area contributed by atoms with E-state index in [0.717, 1.165) is 89.9 Å². The van der Waals surface area contributed by atoms with Crippen LogP contribution in [0.2, 0.25) is 0 Å². The Kier molecular flexibility index (Phi) is 18.5. The second-order valence-electron chi connectivity index (χ2n) is 40.4. The van der Waals surface area contributed by atoms with E-state index in [9.17, 15) is 19.5 Å². The number of allylic oxidation sites excluding steroid dienone is 2. The first-order valence-corrected chi connectivity index (χ1v) is 39.9. The van der Waals surface area contributed by atoms with Gasteiger partial charge in [-0.05, 0) is 330 Å². The van der Waals surface area contributed by atoms with Gasteiger partial charge in [0.2, 0.25) is 6.10 Å². The highest BCUT2D eigenvalue weighted by Crippen LogP contribution is 2.66. The molecule has 100 heavy (non-hydrogen) atoms. The number of aliphatic hydroxyl groups is 1. The molecule has 17 rings (SSSR count). The molecule has 15 saturated carbocycles. The third-order valence-corrected chi connectivity index (χ3v) is 30.2. The molecule has 0 aromatic carbocycles. The Balaban J connectivity index is 0.827. The molecule has 0 aromatic heterocycles. The number of esters is 8. The van der Waals surface area contributed by atoms with Crippen molar-refractivity contribution in [2.45, 2.75) is 310 Å². The van der Waals surface area contributed by atoms with Gasteiger partial charge in [0.25, 0.3) is 0 Å². The molecule has 0 amide bonds. The molecular formula is C83H122O17. The Hall–Kier alpha value is -4.54. The summed E-state index contributed by atoms with van der Waals surface area (Å²) in [6, 6.07) is 0. The van der Waals surface area contributed by atoms with Crippen molar-refractivity contribution in [2.24, 2.45) is 134 Å². The predicted octanol–water partition coefficient (Wildman–Crippen LogP) is 14.7. The minimum Gasteiger partial charge on any atom is -0.463 e. The van der Waals surface area contributed by atoms with Crippen LogP contribution in [0.25, 0.3) is 0 Å². The average Bonchev–Trinajstić information content (AvgIpc) is 0.925. The fourth-order valence-electron chi connectivity index (χ4n) is 27.1. The van der Waals surface area contributed by atoms with Crippen molar-refractivity contribution >= 4 is 47.8 Å². The van der Waals surface area contributed by atoms with Crippen LogP contribution < -0.4 is 0 Å². The van der Waals surface area contributed by atoms with Crippen LogP contribution in [0.15, 0.2) is 12.2 Å². The first-order chi connectivity index (χ1) is 46.8. The van der Waals surface area contributed by atoms with Crippen LogP contribution in [-0.4, -0.2) is 106 Å². The van der Waals surface area contributed by atoms with Crippen molar-refractivity contribution in [2.75, 3.05) is 13.2 Å². The van der Waals surface area contributed by atoms with Gasteiger partial charge in [-0.1, -0.05) is 32.9 Å². The number of rotatable bonds is 26. The summed E-state index contributed by atoms with van der Waals surface area (Å²) in [6.45, 7) is 24.0. The summed E-state index contributed by atoms with van der Waals surface area (Å²) < 4.78 is 51.5. The van der Waals surface area contributed by atoms with Crippen LogP contribution >= 0.6 is 0 Å². The summed E-state index contributed by atoms with van der Waals surface area (Å²) in [4.78, 5) is 122. The maximum absolute atomic E-state index is 16.9. The number of carbonyl (C=O) groups is 8. The van der Waals surface area contributed by atoms with Crippen LogP contribution in [0.5, 0.6) is 0 Å². The zero-order valence-electron chi connectivity index (χ0n) is 62.9. The Morgan fingerprint density at radius 3 is 1.64 bits per heavy atom. The van der Waals surface area contributed by atoms with Crippen LogP contribution in [-0.2, 0) is 76.3 Å². The van der Waals surface area contributed by atoms with Gasteiger partial charge in [-0.15, -0.1) is 0 Å². The summed E-state index contributed by atoms with van der Waals surface area (Å²) in [6.07, 6.45) is 20.3. The molecule has 15 unspecified atom stereocenters. The monoisotopic (exact) mass is 1390 g/mol. The van der Waals surface area contributed by atoms with Gasteiger partial charge in [0, 0.05) is 18.8 Å². The number of ether oxygens (including phenoxy) is 8. The van der Waals surface area contributed by atoms with Crippen molar-refractivity contribution < 1.29 is 81.4 Å². The first kappa shape index (κ1) is 72.4. The molecule has 17 aliphatic rings. The Bertz CT molecular complexity index is 3190. The molecule has 1 N–H and O–H groups in total. The van der Waals surface area contributed by atoms with Crippen molar-refractivity contribution in [1.29, 1.82) is 0 Å². The summed E-state index contributed by atoms with van der Waals surface area (Å²) in [7, 11) is 0. The van der Waals surface area contributed by atoms with Gasteiger partial charge in [0.15, 0.2) is 6.61 Å². The summed E-state index contributed by atoms with van der Waals surface area (Å²) in [5.74, 6) is -0.245. The lowest BCUT2D eigenvalue weighted by molar-refractivity contribution is -0.235. The fourth-order valence-corrected chi connectivity index (χ4v) is 27.1. The van der Waals surface area contributed by atoms with E-state index in [1.54, 1.807) is 48.5 Å². The van der Waals surface area contributed by atoms with Gasteiger partial charge in [-0.2, -0.15) is 0 Å². The minimum atomic E-state index is -1.89. The smallest absolute Gasteiger partial charge is 0.347 e. The zero-order valence-corrected chi connectivity index (χ0v) is 62.9. The lowest BCUT2D eigenvalue weighted by Crippen LogP contribution is -2.63. The zero-order chi connectivity index (χ0) is 71.5. The van der Waals surface area contributed by atoms with Crippen molar-refractivity contribution in [1.82, 2.24) is 0 Å². The van der Waals surface area contributed by atoms with Crippen molar-refractivity contribution in [3.8, 4) is 0 Å². The third-order valence-electron chi connectivity index (χ3n) is 30.2. The van der Waals surface area contributed by atoms with E-state index < -0.39 is 116 Å². The quantitative estimate of drug-likeness (QED) is 0.0482. The molecule has 556 valence electrons. The molecule has 0 spiro atoms. The third kappa shape index (κ3) is 13.5. The van der Waals surface area contributed by atoms with Crippen molar-refractivity contribution in [3.63, 3.8) is 0 Å². The highest BCUT2D eigenvalue weighted by Gasteiger charge is 2.67. The topological polar surface area (TPSA) is 231 Å². The number of carbonyl (C=O) groups excluding carboxylic acids is 8. The van der Waals surface area contributed by atoms with Gasteiger partial charge in [-0.25, -0.2) is 9.59 Å². The molecule has 17 nitrogen and oxygen atoms in total. The van der Waals surface area contributed by atoms with Crippen LogP contribution in [0.1, 0.15) is 270 Å². The molecule has 1 saturated heterocycles. The van der Waals surface area contributed by atoms with E-state index in [0.29, 0.717) is 79.4 Å². The average molecular weight is 1390 g/mol. The van der Waals surface area contributed by atoms with Gasteiger partial charge in [0.1, 0.15) is 28.5 Å². The second kappa shape index (κ2) is 25.6. The van der Waals surface area contributed by atoms with Crippen LogP contribution in [0.3, 0.4) is 0 Å². The SMILES string of the molecule is CC1C2CCC(C2)C1CC(C)(CC(C)(CC(C)(CC(C)(CC(C)(C)C(=O)OCC(=O)OC(CC(=O)OC(C)(C)C)C1CC2C=CC1C2)C(=O)OC12CC3CC(CC(O)(C3)C1)C2)C(=O)OC1CCOC1=O)C(=O)OC1(C)C2CC3CC(C2)CC1C3)C(=O)OC1(C(C)C)C2CC3CC(C2)CC1C3. The maximum Gasteiger partial charge on any atom is 0.347 e. The summed E-state index contributed by atoms with van der Waals surface area (Å²) in [5, 5.41) is 12.1. The maximum atomic E-state index is 16.9. The highest BCUT2D eigenvalue weighted by molar-refractivity contribution is 5.87. The minimum absolute atomic E-state index is 0.0244. The lowest BCUT2D eigenvalue weighted by Gasteiger charge is -2.62. The number of hydrogen-bond donors (Lipinski definition) is 1. The first-order valence-electron chi connectivity index (χ1n) is 39.9. The van der Waals surface area contributed by atoms with E-state index in [-0.39, 0.29) is 117 Å². The van der Waals surface area contributed by atoms with Gasteiger partial charge >= 0.3 is 47.8 Å². The molecule has 16 aliphatic carbocycles. The molecule has 16 fully saturated rings. The molecule has 1 aliphatic heterocycles. The van der Waals surface area contributed by atoms with Crippen LogP contribution in [0, 0.1) is 134 Å². The molecule has 1 heterocycles. The number of fused-ring (bicyclic) bond motifs is 4. The van der Waals surface area contributed by atoms with Crippen LogP contribution in [0.4, 0.5) is 0 Å². The molecule has 0 radical (unpaired) electrons. The predicted molar refractivity (Wildman–Crippen MR) is 369 cm³/mol. The molecule has 15 atom stereocenters. The Labute approximate surface area is 595 Å². The lowest BCUT2D eigenvalue weighted by atomic mass is 9.47.